The Morgan fingerprint density at radius 2 is 1.57 bits per heavy atom. The molecule has 3 heterocycles. The molecule has 4 N–H and O–H groups in total. The van der Waals surface area contributed by atoms with E-state index in [0.29, 0.717) is 29.1 Å². The van der Waals surface area contributed by atoms with Gasteiger partial charge in [-0.3, -0.25) is 0 Å². The SMILES string of the molecule is CC(C)(C)c1cc(NC(=O)Nc2ccc(Oc3ccnc(Nc4ccccc4)n3)c3ccccc23)n(-c2ccc([PH]3(O)CCCC3)cc2)n1. The van der Waals surface area contributed by atoms with Gasteiger partial charge in [-0.2, -0.15) is 4.98 Å². The average molecular weight is 674 g/mol. The predicted octanol–water partition coefficient (Wildman–Crippen LogP) is 8.37. The monoisotopic (exact) mass is 673 g/mol. The number of urea groups is 1. The Morgan fingerprint density at radius 3 is 2.31 bits per heavy atom. The molecule has 11 heteroatoms. The van der Waals surface area contributed by atoms with Gasteiger partial charge in [0.05, 0.1) is 0 Å². The van der Waals surface area contributed by atoms with Gasteiger partial charge < -0.3 is 10.1 Å². The van der Waals surface area contributed by atoms with Crippen molar-refractivity contribution in [2.75, 3.05) is 28.3 Å². The van der Waals surface area contributed by atoms with E-state index in [1.54, 1.807) is 16.9 Å². The first-order valence-electron chi connectivity index (χ1n) is 16.5. The number of benzene rings is 4. The minimum absolute atomic E-state index is 0.238. The van der Waals surface area contributed by atoms with Gasteiger partial charge >= 0.3 is 182 Å². The Balaban J connectivity index is 1.11. The molecular weight excluding hydrogens is 633 g/mol. The topological polar surface area (TPSA) is 126 Å². The molecule has 2 amide bonds. The van der Waals surface area contributed by atoms with Crippen molar-refractivity contribution in [2.45, 2.75) is 39.0 Å². The zero-order valence-corrected chi connectivity index (χ0v) is 28.8. The van der Waals surface area contributed by atoms with Gasteiger partial charge in [-0.25, -0.2) is 4.98 Å². The fourth-order valence-electron chi connectivity index (χ4n) is 6.16. The molecule has 0 unspecified atom stereocenters. The van der Waals surface area contributed by atoms with Gasteiger partial charge in [-0.15, -0.1) is 0 Å². The average Bonchev–Trinajstić information content (AvgIpc) is 3.74. The molecule has 0 bridgehead atoms. The van der Waals surface area contributed by atoms with Gasteiger partial charge in [-0.05, 0) is 12.1 Å². The van der Waals surface area contributed by atoms with Crippen LogP contribution in [0.5, 0.6) is 11.6 Å². The maximum absolute atomic E-state index is 13.6. The van der Waals surface area contributed by atoms with E-state index in [0.717, 1.165) is 58.3 Å². The first-order chi connectivity index (χ1) is 23.6. The summed E-state index contributed by atoms with van der Waals surface area (Å²) in [5, 5.41) is 16.8. The first kappa shape index (κ1) is 32.2. The predicted molar refractivity (Wildman–Crippen MR) is 200 cm³/mol. The summed E-state index contributed by atoms with van der Waals surface area (Å²) in [7, 11) is -2.39. The second-order valence-electron chi connectivity index (χ2n) is 13.4. The summed E-state index contributed by atoms with van der Waals surface area (Å²) in [5.74, 6) is 1.93. The Kier molecular flexibility index (Phi) is 8.75. The molecule has 0 atom stereocenters. The van der Waals surface area contributed by atoms with Gasteiger partial charge in [0.1, 0.15) is 5.75 Å². The molecule has 250 valence electrons. The molecule has 6 aromatic rings. The van der Waals surface area contributed by atoms with Crippen LogP contribution in [0.25, 0.3) is 16.5 Å². The van der Waals surface area contributed by atoms with Crippen LogP contribution in [0.3, 0.4) is 0 Å². The Labute approximate surface area is 286 Å². The second-order valence-corrected chi connectivity index (χ2v) is 17.1. The van der Waals surface area contributed by atoms with Crippen LogP contribution in [0.2, 0.25) is 0 Å². The van der Waals surface area contributed by atoms with Crippen LogP contribution in [-0.4, -0.2) is 43.0 Å². The van der Waals surface area contributed by atoms with Crippen molar-refractivity contribution in [2.24, 2.45) is 0 Å². The van der Waals surface area contributed by atoms with Gasteiger partial charge in [0, 0.05) is 18.0 Å². The number of rotatable bonds is 8. The minimum atomic E-state index is -2.39. The van der Waals surface area contributed by atoms with Gasteiger partial charge in [0.2, 0.25) is 11.8 Å². The molecule has 0 radical (unpaired) electrons. The molecule has 49 heavy (non-hydrogen) atoms. The normalized spacial score (nSPS) is 14.7. The van der Waals surface area contributed by atoms with Crippen molar-refractivity contribution in [3.05, 3.63) is 115 Å². The molecule has 1 aliphatic heterocycles. The number of hydrogen-bond acceptors (Lipinski definition) is 7. The number of hydrogen-bond donors (Lipinski definition) is 4. The van der Waals surface area contributed by atoms with E-state index >= 15 is 0 Å². The zero-order chi connectivity index (χ0) is 34.0. The van der Waals surface area contributed by atoms with Crippen molar-refractivity contribution in [3.63, 3.8) is 0 Å². The Morgan fingerprint density at radius 1 is 0.857 bits per heavy atom. The fraction of sp³-hybridized carbons (Fsp3) is 0.211. The van der Waals surface area contributed by atoms with E-state index in [2.05, 4.69) is 46.7 Å². The number of para-hydroxylation sites is 1. The van der Waals surface area contributed by atoms with E-state index in [-0.39, 0.29) is 5.41 Å². The van der Waals surface area contributed by atoms with Crippen LogP contribution in [-0.2, 0) is 5.41 Å². The fourth-order valence-corrected chi connectivity index (χ4v) is 9.44. The van der Waals surface area contributed by atoms with Crippen LogP contribution in [0.15, 0.2) is 109 Å². The molecule has 0 saturated carbocycles. The van der Waals surface area contributed by atoms with E-state index in [1.807, 2.05) is 97.1 Å². The van der Waals surface area contributed by atoms with Crippen molar-refractivity contribution in [1.82, 2.24) is 19.7 Å². The number of amides is 2. The summed E-state index contributed by atoms with van der Waals surface area (Å²) >= 11 is 0. The molecule has 1 saturated heterocycles. The number of anilines is 4. The summed E-state index contributed by atoms with van der Waals surface area (Å²) in [4.78, 5) is 33.6. The van der Waals surface area contributed by atoms with Crippen LogP contribution in [0.1, 0.15) is 39.3 Å². The van der Waals surface area contributed by atoms with Crippen molar-refractivity contribution in [3.8, 4) is 17.3 Å². The van der Waals surface area contributed by atoms with E-state index in [4.69, 9.17) is 9.84 Å². The number of carbonyl (C=O) groups is 1. The van der Waals surface area contributed by atoms with E-state index < -0.39 is 13.5 Å². The molecule has 4 aromatic carbocycles. The third-order valence-electron chi connectivity index (χ3n) is 8.81. The molecule has 1 fully saturated rings. The second kappa shape index (κ2) is 13.3. The van der Waals surface area contributed by atoms with Crippen molar-refractivity contribution in [1.29, 1.82) is 0 Å². The molecule has 1 aliphatic rings. The van der Waals surface area contributed by atoms with E-state index in [1.165, 1.54) is 0 Å². The van der Waals surface area contributed by atoms with Gasteiger partial charge in [-0.1, -0.05) is 36.4 Å². The number of fused-ring (bicyclic) bond motifs is 1. The summed E-state index contributed by atoms with van der Waals surface area (Å²) < 4.78 is 7.98. The standard InChI is InChI=1S/C38H40N7O3P/c1-38(2,3)33-25-34(45(44-33)27-15-17-28(18-16-27)49(47)23-9-10-24-49)42-37(46)41-31-19-20-32(30-14-8-7-13-29(30)31)48-35-21-22-39-36(43-35)40-26-11-5-4-6-12-26/h4-8,11-22,25,47,49H,9-10,23-24H2,1-3H3,(H,39,40,43)(H2,41,42,46). The number of aromatic nitrogens is 4. The van der Waals surface area contributed by atoms with Crippen LogP contribution >= 0.6 is 7.49 Å². The molecule has 10 nitrogen and oxygen atoms in total. The van der Waals surface area contributed by atoms with Crippen LogP contribution < -0.4 is 26.0 Å². The maximum atomic E-state index is 13.6. The molecule has 0 aliphatic carbocycles. The molecule has 7 rings (SSSR count). The summed E-state index contributed by atoms with van der Waals surface area (Å²) in [6.45, 7) is 6.27. The summed E-state index contributed by atoms with van der Waals surface area (Å²) in [6.07, 6.45) is 5.63. The molecular formula is C38H40N7O3P. The quantitative estimate of drug-likeness (QED) is 0.120. The van der Waals surface area contributed by atoms with Gasteiger partial charge in [0.25, 0.3) is 0 Å². The number of ether oxygens (including phenoxy) is 1. The Bertz CT molecular complexity index is 2100. The zero-order valence-electron chi connectivity index (χ0n) is 27.8. The molecule has 0 spiro atoms. The number of nitrogens with one attached hydrogen (secondary N) is 3. The first-order valence-corrected chi connectivity index (χ1v) is 18.9. The van der Waals surface area contributed by atoms with Crippen molar-refractivity contribution < 1.29 is 14.4 Å². The summed E-state index contributed by atoms with van der Waals surface area (Å²) in [6, 6.07) is 32.2. The number of nitrogens with zero attached hydrogens (tertiary/aromatic N) is 4. The number of carbonyl (C=O) groups excluding carboxylic acids is 1. The van der Waals surface area contributed by atoms with E-state index in [9.17, 15) is 9.69 Å². The third kappa shape index (κ3) is 7.11. The van der Waals surface area contributed by atoms with Crippen molar-refractivity contribution >= 4 is 52.7 Å². The van der Waals surface area contributed by atoms with Gasteiger partial charge in [0.15, 0.2) is 0 Å². The third-order valence-corrected chi connectivity index (χ3v) is 12.6. The Hall–Kier alpha value is -5.31. The summed E-state index contributed by atoms with van der Waals surface area (Å²) in [5.41, 5.74) is 2.90. The van der Waals surface area contributed by atoms with Crippen LogP contribution in [0, 0.1) is 0 Å². The van der Waals surface area contributed by atoms with Crippen LogP contribution in [0.4, 0.5) is 27.9 Å². The molecule has 2 aromatic heterocycles.